The number of aromatic carboxylic acids is 1. The van der Waals surface area contributed by atoms with Gasteiger partial charge in [-0.3, -0.25) is 0 Å². The van der Waals surface area contributed by atoms with E-state index in [1.54, 1.807) is 6.07 Å². The van der Waals surface area contributed by atoms with Crippen LogP contribution in [0, 0.1) is 23.0 Å². The number of benzene rings is 1. The average Bonchev–Trinajstić information content (AvgIpc) is 2.86. The zero-order chi connectivity index (χ0) is 14.7. The Bertz CT molecular complexity index is 686. The first-order chi connectivity index (χ1) is 9.51. The smallest absolute Gasteiger partial charge is 0.355 e. The van der Waals surface area contributed by atoms with Crippen LogP contribution in [-0.2, 0) is 6.54 Å². The lowest BCUT2D eigenvalue weighted by Crippen LogP contribution is -2.05. The maximum Gasteiger partial charge on any atom is 0.355 e. The molecule has 0 spiro atoms. The quantitative estimate of drug-likeness (QED) is 0.905. The Morgan fingerprint density at radius 3 is 2.60 bits per heavy atom. The van der Waals surface area contributed by atoms with Crippen LogP contribution in [0.5, 0.6) is 0 Å². The van der Waals surface area contributed by atoms with E-state index in [2.05, 4.69) is 10.3 Å². The number of carbonyl (C=O) groups is 1. The molecular formula is C12H7F2N3O2S. The fourth-order valence-corrected chi connectivity index (χ4v) is 2.17. The summed E-state index contributed by atoms with van der Waals surface area (Å²) in [5, 5.41) is 21.5. The molecule has 0 amide bonds. The zero-order valence-electron chi connectivity index (χ0n) is 9.85. The number of carboxylic acids is 1. The van der Waals surface area contributed by atoms with E-state index in [-0.39, 0.29) is 23.5 Å². The number of hydrogen-bond donors (Lipinski definition) is 2. The summed E-state index contributed by atoms with van der Waals surface area (Å²) in [4.78, 5) is 14.4. The molecule has 0 atom stereocenters. The predicted octanol–water partition coefficient (Wildman–Crippen LogP) is 2.60. The molecule has 0 aliphatic carbocycles. The molecule has 20 heavy (non-hydrogen) atoms. The monoisotopic (exact) mass is 295 g/mol. The highest BCUT2D eigenvalue weighted by Gasteiger charge is 2.13. The van der Waals surface area contributed by atoms with Gasteiger partial charge >= 0.3 is 5.97 Å². The van der Waals surface area contributed by atoms with Crippen LogP contribution in [0.4, 0.5) is 14.5 Å². The highest BCUT2D eigenvalue weighted by atomic mass is 32.1. The number of halogens is 2. The normalized spacial score (nSPS) is 10.1. The van der Waals surface area contributed by atoms with E-state index in [0.29, 0.717) is 5.01 Å². The molecule has 0 fully saturated rings. The van der Waals surface area contributed by atoms with Crippen molar-refractivity contribution < 1.29 is 18.7 Å². The van der Waals surface area contributed by atoms with Crippen molar-refractivity contribution >= 4 is 23.0 Å². The zero-order valence-corrected chi connectivity index (χ0v) is 10.7. The van der Waals surface area contributed by atoms with Gasteiger partial charge in [0.15, 0.2) is 17.3 Å². The number of hydrogen-bond acceptors (Lipinski definition) is 5. The summed E-state index contributed by atoms with van der Waals surface area (Å²) >= 11 is 1.06. The van der Waals surface area contributed by atoms with Gasteiger partial charge < -0.3 is 10.4 Å². The number of anilines is 1. The van der Waals surface area contributed by atoms with Crippen molar-refractivity contribution in [2.24, 2.45) is 0 Å². The summed E-state index contributed by atoms with van der Waals surface area (Å²) in [6.07, 6.45) is 0. The Morgan fingerprint density at radius 2 is 2.10 bits per heavy atom. The molecule has 0 saturated heterocycles. The largest absolute Gasteiger partial charge is 0.476 e. The maximum atomic E-state index is 13.6. The number of rotatable bonds is 4. The van der Waals surface area contributed by atoms with Crippen LogP contribution in [0.1, 0.15) is 21.1 Å². The lowest BCUT2D eigenvalue weighted by atomic mass is 10.2. The van der Waals surface area contributed by atoms with Crippen molar-refractivity contribution in [3.63, 3.8) is 0 Å². The molecule has 0 unspecified atom stereocenters. The predicted molar refractivity (Wildman–Crippen MR) is 67.5 cm³/mol. The van der Waals surface area contributed by atoms with Gasteiger partial charge in [-0.25, -0.2) is 18.6 Å². The van der Waals surface area contributed by atoms with E-state index in [1.807, 2.05) is 0 Å². The van der Waals surface area contributed by atoms with Crippen LogP contribution in [0.2, 0.25) is 0 Å². The average molecular weight is 295 g/mol. The minimum absolute atomic E-state index is 0.0162. The van der Waals surface area contributed by atoms with Gasteiger partial charge in [-0.1, -0.05) is 0 Å². The molecule has 0 bridgehead atoms. The van der Waals surface area contributed by atoms with Crippen molar-refractivity contribution in [3.05, 3.63) is 45.4 Å². The molecule has 102 valence electrons. The van der Waals surface area contributed by atoms with Crippen LogP contribution in [0.15, 0.2) is 17.5 Å². The Hall–Kier alpha value is -2.53. The van der Waals surface area contributed by atoms with Crippen molar-refractivity contribution in [1.82, 2.24) is 4.98 Å². The van der Waals surface area contributed by atoms with E-state index < -0.39 is 17.6 Å². The van der Waals surface area contributed by atoms with Crippen LogP contribution in [0.25, 0.3) is 0 Å². The highest BCUT2D eigenvalue weighted by Crippen LogP contribution is 2.22. The van der Waals surface area contributed by atoms with Gasteiger partial charge in [-0.2, -0.15) is 5.26 Å². The lowest BCUT2D eigenvalue weighted by Gasteiger charge is -2.07. The van der Waals surface area contributed by atoms with Crippen LogP contribution < -0.4 is 5.32 Å². The molecule has 8 heteroatoms. The topological polar surface area (TPSA) is 86.0 Å². The van der Waals surface area contributed by atoms with E-state index in [1.165, 1.54) is 5.38 Å². The fraction of sp³-hybridized carbons (Fsp3) is 0.0833. The summed E-state index contributed by atoms with van der Waals surface area (Å²) in [6.45, 7) is -0.0162. The fourth-order valence-electron chi connectivity index (χ4n) is 1.46. The minimum Gasteiger partial charge on any atom is -0.476 e. The number of carboxylic acid groups (broad SMARTS) is 1. The van der Waals surface area contributed by atoms with Gasteiger partial charge in [-0.05, 0) is 12.1 Å². The van der Waals surface area contributed by atoms with E-state index >= 15 is 0 Å². The van der Waals surface area contributed by atoms with Gasteiger partial charge in [0, 0.05) is 5.38 Å². The van der Waals surface area contributed by atoms with Crippen molar-refractivity contribution in [3.8, 4) is 6.07 Å². The van der Waals surface area contributed by atoms with E-state index in [0.717, 1.165) is 23.5 Å². The summed E-state index contributed by atoms with van der Waals surface area (Å²) in [5.41, 5.74) is -0.614. The molecule has 2 N–H and O–H groups in total. The van der Waals surface area contributed by atoms with Crippen molar-refractivity contribution in [2.75, 3.05) is 5.32 Å². The third-order valence-corrected chi connectivity index (χ3v) is 3.21. The maximum absolute atomic E-state index is 13.6. The standard InChI is InChI=1S/C12H7F2N3O2S/c13-7-1-6(3-15)2-8(14)11(7)16-4-10-17-9(5-20-10)12(18)19/h1-2,5,16H,4H2,(H,18,19). The molecule has 0 radical (unpaired) electrons. The second kappa shape index (κ2) is 5.63. The summed E-state index contributed by atoms with van der Waals surface area (Å²) in [5.74, 6) is -2.95. The third kappa shape index (κ3) is 2.89. The first-order valence-electron chi connectivity index (χ1n) is 5.32. The molecule has 1 heterocycles. The first-order valence-corrected chi connectivity index (χ1v) is 6.20. The summed E-state index contributed by atoms with van der Waals surface area (Å²) < 4.78 is 27.1. The van der Waals surface area contributed by atoms with Gasteiger partial charge in [-0.15, -0.1) is 11.3 Å². The van der Waals surface area contributed by atoms with Gasteiger partial charge in [0.25, 0.3) is 0 Å². The van der Waals surface area contributed by atoms with Crippen molar-refractivity contribution in [2.45, 2.75) is 6.54 Å². The molecule has 2 aromatic rings. The Balaban J connectivity index is 2.14. The van der Waals surface area contributed by atoms with Gasteiger partial charge in [0.2, 0.25) is 0 Å². The van der Waals surface area contributed by atoms with Gasteiger partial charge in [0.1, 0.15) is 10.7 Å². The number of aromatic nitrogens is 1. The molecule has 1 aromatic heterocycles. The van der Waals surface area contributed by atoms with Crippen LogP contribution >= 0.6 is 11.3 Å². The van der Waals surface area contributed by atoms with Crippen LogP contribution in [0.3, 0.4) is 0 Å². The third-order valence-electron chi connectivity index (χ3n) is 2.36. The first kappa shape index (κ1) is 13.9. The summed E-state index contributed by atoms with van der Waals surface area (Å²) in [7, 11) is 0. The summed E-state index contributed by atoms with van der Waals surface area (Å²) in [6, 6.07) is 3.47. The number of thiazole rings is 1. The number of nitrogens with zero attached hydrogens (tertiary/aromatic N) is 2. The second-order valence-electron chi connectivity index (χ2n) is 3.71. The number of nitriles is 1. The molecule has 5 nitrogen and oxygen atoms in total. The molecule has 2 rings (SSSR count). The molecule has 1 aromatic carbocycles. The lowest BCUT2D eigenvalue weighted by molar-refractivity contribution is 0.0691. The highest BCUT2D eigenvalue weighted by molar-refractivity contribution is 7.09. The van der Waals surface area contributed by atoms with E-state index in [4.69, 9.17) is 10.4 Å². The Labute approximate surface area is 116 Å². The molecule has 0 aliphatic rings. The molecular weight excluding hydrogens is 288 g/mol. The van der Waals surface area contributed by atoms with E-state index in [9.17, 15) is 13.6 Å². The van der Waals surface area contributed by atoms with Crippen LogP contribution in [-0.4, -0.2) is 16.1 Å². The second-order valence-corrected chi connectivity index (χ2v) is 4.65. The van der Waals surface area contributed by atoms with Gasteiger partial charge in [0.05, 0.1) is 18.2 Å². The van der Waals surface area contributed by atoms with Crippen molar-refractivity contribution in [1.29, 1.82) is 5.26 Å². The molecule has 0 saturated carbocycles. The Morgan fingerprint density at radius 1 is 1.45 bits per heavy atom. The molecule has 0 aliphatic heterocycles. The number of nitrogens with one attached hydrogen (secondary N) is 1. The SMILES string of the molecule is N#Cc1cc(F)c(NCc2nc(C(=O)O)cs2)c(F)c1. The Kier molecular flexibility index (Phi) is 3.91. The minimum atomic E-state index is -1.16.